The Labute approximate surface area is 269 Å². The molecule has 2 atom stereocenters. The van der Waals surface area contributed by atoms with Crippen molar-refractivity contribution in [2.24, 2.45) is 10.2 Å². The summed E-state index contributed by atoms with van der Waals surface area (Å²) < 4.78 is 0.826. The van der Waals surface area contributed by atoms with Crippen molar-refractivity contribution in [3.8, 4) is 46.1 Å². The van der Waals surface area contributed by atoms with Gasteiger partial charge in [-0.1, -0.05) is 41.9 Å². The lowest BCUT2D eigenvalue weighted by atomic mass is 10.0. The van der Waals surface area contributed by atoms with E-state index < -0.39 is 0 Å². The third-order valence-electron chi connectivity index (χ3n) is 7.68. The average molecular weight is 659 g/mol. The first-order chi connectivity index (χ1) is 20.6. The Bertz CT molecular complexity index is 1960. The Kier molecular flexibility index (Phi) is 7.09. The molecule has 8 rings (SSSR count). The molecule has 2 unspecified atom stereocenters. The molecular formula is C33H23ClN2OS5. The summed E-state index contributed by atoms with van der Waals surface area (Å²) in [6.07, 6.45) is 2.86. The lowest BCUT2D eigenvalue weighted by Crippen LogP contribution is -1.89. The fourth-order valence-electron chi connectivity index (χ4n) is 5.64. The van der Waals surface area contributed by atoms with E-state index in [0.29, 0.717) is 10.9 Å². The molecule has 9 heteroatoms. The van der Waals surface area contributed by atoms with Gasteiger partial charge in [-0.15, -0.1) is 57.1 Å². The summed E-state index contributed by atoms with van der Waals surface area (Å²) in [4.78, 5) is 9.10. The SMILES string of the molecule is Oc1ccc2c(c1N=NC1CCC(c3ccc(-c4ccc(-c5ccc(-c6ccc(Cl)s6)s5)s4)s3)S1)Cc1ccccc1-2. The zero-order valence-electron chi connectivity index (χ0n) is 22.1. The maximum atomic E-state index is 10.6. The van der Waals surface area contributed by atoms with E-state index in [9.17, 15) is 5.11 Å². The van der Waals surface area contributed by atoms with Crippen molar-refractivity contribution in [3.63, 3.8) is 0 Å². The first kappa shape index (κ1) is 26.9. The molecule has 42 heavy (non-hydrogen) atoms. The number of benzene rings is 2. The van der Waals surface area contributed by atoms with Crippen LogP contribution in [0.2, 0.25) is 4.34 Å². The lowest BCUT2D eigenvalue weighted by Gasteiger charge is -2.08. The molecular weight excluding hydrogens is 636 g/mol. The third kappa shape index (κ3) is 4.98. The van der Waals surface area contributed by atoms with E-state index >= 15 is 0 Å². The number of fused-ring (bicyclic) bond motifs is 3. The predicted molar refractivity (Wildman–Crippen MR) is 183 cm³/mol. The zero-order valence-corrected chi connectivity index (χ0v) is 27.0. The van der Waals surface area contributed by atoms with Gasteiger partial charge in [0.05, 0.1) is 4.34 Å². The van der Waals surface area contributed by atoms with Crippen LogP contribution < -0.4 is 0 Å². The second-order valence-electron chi connectivity index (χ2n) is 10.3. The molecule has 0 bridgehead atoms. The number of azo groups is 1. The second-order valence-corrected chi connectivity index (χ2v) is 16.7. The van der Waals surface area contributed by atoms with Gasteiger partial charge in [0.25, 0.3) is 0 Å². The quantitative estimate of drug-likeness (QED) is 0.181. The largest absolute Gasteiger partial charge is 0.506 e. The Hall–Kier alpha value is -2.72. The molecule has 3 nitrogen and oxygen atoms in total. The minimum Gasteiger partial charge on any atom is -0.506 e. The van der Waals surface area contributed by atoms with Crippen LogP contribution in [0.4, 0.5) is 5.69 Å². The van der Waals surface area contributed by atoms with Gasteiger partial charge in [-0.2, -0.15) is 10.2 Å². The highest BCUT2D eigenvalue weighted by molar-refractivity contribution is 8.00. The highest BCUT2D eigenvalue weighted by Crippen LogP contribution is 2.51. The highest BCUT2D eigenvalue weighted by atomic mass is 35.5. The number of hydrogen-bond donors (Lipinski definition) is 1. The first-order valence-electron chi connectivity index (χ1n) is 13.6. The van der Waals surface area contributed by atoms with Crippen molar-refractivity contribution in [1.82, 2.24) is 0 Å². The monoisotopic (exact) mass is 658 g/mol. The van der Waals surface area contributed by atoms with Gasteiger partial charge in [-0.25, -0.2) is 0 Å². The number of phenolic OH excluding ortho intramolecular Hbond substituents is 1. The number of aromatic hydroxyl groups is 1. The molecule has 0 spiro atoms. The van der Waals surface area contributed by atoms with Gasteiger partial charge in [-0.3, -0.25) is 0 Å². The van der Waals surface area contributed by atoms with Crippen LogP contribution in [-0.4, -0.2) is 10.5 Å². The minimum atomic E-state index is 0.0965. The van der Waals surface area contributed by atoms with Crippen LogP contribution in [0.3, 0.4) is 0 Å². The van der Waals surface area contributed by atoms with E-state index in [2.05, 4.69) is 71.8 Å². The molecule has 0 amide bonds. The van der Waals surface area contributed by atoms with Crippen molar-refractivity contribution in [1.29, 1.82) is 0 Å². The Morgan fingerprint density at radius 1 is 0.667 bits per heavy atom. The maximum Gasteiger partial charge on any atom is 0.143 e. The summed E-state index contributed by atoms with van der Waals surface area (Å²) in [5, 5.41) is 20.5. The second kappa shape index (κ2) is 11.1. The van der Waals surface area contributed by atoms with E-state index in [1.807, 2.05) is 57.9 Å². The number of hydrogen-bond acceptors (Lipinski definition) is 8. The number of phenols is 1. The number of thioether (sulfide) groups is 1. The smallest absolute Gasteiger partial charge is 0.143 e. The van der Waals surface area contributed by atoms with Crippen molar-refractivity contribution < 1.29 is 5.11 Å². The minimum absolute atomic E-state index is 0.0965. The molecule has 4 aromatic heterocycles. The summed E-state index contributed by atoms with van der Waals surface area (Å²) in [6.45, 7) is 0. The predicted octanol–water partition coefficient (Wildman–Crippen LogP) is 12.5. The summed E-state index contributed by atoms with van der Waals surface area (Å²) in [5.74, 6) is 0.206. The molecule has 1 aliphatic heterocycles. The molecule has 0 radical (unpaired) electrons. The summed E-state index contributed by atoms with van der Waals surface area (Å²) in [7, 11) is 0. The van der Waals surface area contributed by atoms with Gasteiger partial charge in [0.2, 0.25) is 0 Å². The number of halogens is 1. The molecule has 0 saturated carbocycles. The van der Waals surface area contributed by atoms with Gasteiger partial charge < -0.3 is 5.11 Å². The first-order valence-corrected chi connectivity index (χ1v) is 18.2. The van der Waals surface area contributed by atoms with Gasteiger partial charge >= 0.3 is 0 Å². The standard InChI is InChI=1S/C33H23ClN2OS5/c34-31-15-13-29(41-31)27-11-9-25(39-27)23-7-8-24(38-23)26-10-12-28(40-26)30-14-16-32(42-30)35-36-33-21-17-18-3-1-2-4-19(18)20(21)5-6-22(33)37/h1-13,15,30,32,37H,14,16-17H2. The lowest BCUT2D eigenvalue weighted by molar-refractivity contribution is 0.475. The fourth-order valence-corrected chi connectivity index (χ4v) is 11.5. The molecule has 2 aliphatic rings. The van der Waals surface area contributed by atoms with Gasteiger partial charge in [-0.05, 0) is 89.7 Å². The molecule has 2 aromatic carbocycles. The average Bonchev–Trinajstić information content (AvgIpc) is 3.83. The van der Waals surface area contributed by atoms with Crippen LogP contribution in [-0.2, 0) is 6.42 Å². The van der Waals surface area contributed by atoms with Crippen LogP contribution in [0.15, 0.2) is 95.2 Å². The number of rotatable bonds is 6. The summed E-state index contributed by atoms with van der Waals surface area (Å²) in [6, 6.07) is 29.7. The van der Waals surface area contributed by atoms with Gasteiger partial charge in [0.1, 0.15) is 16.8 Å². The van der Waals surface area contributed by atoms with Crippen molar-refractivity contribution in [2.45, 2.75) is 29.9 Å². The van der Waals surface area contributed by atoms with Crippen molar-refractivity contribution >= 4 is 74.4 Å². The van der Waals surface area contributed by atoms with Crippen molar-refractivity contribution in [2.75, 3.05) is 0 Å². The third-order valence-corrected chi connectivity index (χ3v) is 14.5. The van der Waals surface area contributed by atoms with Crippen LogP contribution >= 0.6 is 68.7 Å². The Morgan fingerprint density at radius 2 is 1.33 bits per heavy atom. The highest BCUT2D eigenvalue weighted by Gasteiger charge is 2.29. The Morgan fingerprint density at radius 3 is 2.07 bits per heavy atom. The molecule has 6 aromatic rings. The normalized spacial score (nSPS) is 17.7. The molecule has 1 N–H and O–H groups in total. The van der Waals surface area contributed by atoms with Crippen molar-refractivity contribution in [3.05, 3.63) is 105 Å². The molecule has 5 heterocycles. The molecule has 1 fully saturated rings. The maximum absolute atomic E-state index is 10.6. The van der Waals surface area contributed by atoms with Crippen LogP contribution in [0.1, 0.15) is 34.1 Å². The summed E-state index contributed by atoms with van der Waals surface area (Å²) >= 11 is 15.2. The zero-order chi connectivity index (χ0) is 28.2. The fraction of sp³-hybridized carbons (Fsp3) is 0.152. The molecule has 1 saturated heterocycles. The van der Waals surface area contributed by atoms with Crippen LogP contribution in [0, 0.1) is 0 Å². The van der Waals surface area contributed by atoms with Crippen LogP contribution in [0.25, 0.3) is 40.4 Å². The molecule has 1 aliphatic carbocycles. The topological polar surface area (TPSA) is 45.0 Å². The van der Waals surface area contributed by atoms with Gasteiger partial charge in [0.15, 0.2) is 0 Å². The van der Waals surface area contributed by atoms with Gasteiger partial charge in [0, 0.05) is 45.8 Å². The van der Waals surface area contributed by atoms with E-state index in [4.69, 9.17) is 16.7 Å². The number of nitrogens with zero attached hydrogens (tertiary/aromatic N) is 2. The van der Waals surface area contributed by atoms with E-state index in [1.165, 1.54) is 45.3 Å². The van der Waals surface area contributed by atoms with Crippen LogP contribution in [0.5, 0.6) is 5.75 Å². The van der Waals surface area contributed by atoms with E-state index in [0.717, 1.165) is 34.7 Å². The number of thiophene rings is 4. The summed E-state index contributed by atoms with van der Waals surface area (Å²) in [5.41, 5.74) is 5.36. The Balaban J connectivity index is 0.955. The van der Waals surface area contributed by atoms with E-state index in [-0.39, 0.29) is 11.1 Å². The van der Waals surface area contributed by atoms with E-state index in [1.54, 1.807) is 17.4 Å². The molecule has 208 valence electrons.